The molecule has 0 unspecified atom stereocenters. The molecule has 0 atom stereocenters. The molecule has 3 rings (SSSR count). The number of aryl methyl sites for hydroxylation is 1. The van der Waals surface area contributed by atoms with Gasteiger partial charge in [0.15, 0.2) is 0 Å². The van der Waals surface area contributed by atoms with Crippen LogP contribution >= 0.6 is 27.3 Å². The van der Waals surface area contributed by atoms with Gasteiger partial charge in [0.1, 0.15) is 17.0 Å². The highest BCUT2D eigenvalue weighted by molar-refractivity contribution is 9.10. The number of thiophene rings is 1. The lowest BCUT2D eigenvalue weighted by molar-refractivity contribution is 0.631. The summed E-state index contributed by atoms with van der Waals surface area (Å²) in [7, 11) is 0. The van der Waals surface area contributed by atoms with Crippen LogP contribution in [0.1, 0.15) is 32.6 Å². The summed E-state index contributed by atoms with van der Waals surface area (Å²) < 4.78 is 1.09. The first-order valence-corrected chi connectivity index (χ1v) is 9.30. The zero-order chi connectivity index (χ0) is 16.6. The van der Waals surface area contributed by atoms with Crippen molar-refractivity contribution >= 4 is 43.3 Å². The van der Waals surface area contributed by atoms with E-state index in [0.717, 1.165) is 26.9 Å². The Kier molecular flexibility index (Phi) is 4.43. The summed E-state index contributed by atoms with van der Waals surface area (Å²) in [6.45, 7) is 8.63. The minimum Gasteiger partial charge on any atom is -0.365 e. The van der Waals surface area contributed by atoms with E-state index in [-0.39, 0.29) is 5.54 Å². The number of nitrogens with zero attached hydrogens (tertiary/aromatic N) is 2. The molecule has 2 heterocycles. The van der Waals surface area contributed by atoms with Crippen molar-refractivity contribution in [2.45, 2.75) is 39.7 Å². The predicted molar refractivity (Wildman–Crippen MR) is 103 cm³/mol. The van der Waals surface area contributed by atoms with Crippen LogP contribution in [-0.2, 0) is 6.42 Å². The van der Waals surface area contributed by atoms with Gasteiger partial charge in [-0.2, -0.15) is 0 Å². The summed E-state index contributed by atoms with van der Waals surface area (Å²) in [5.41, 5.74) is 2.42. The monoisotopic (exact) mass is 389 g/mol. The fourth-order valence-corrected chi connectivity index (χ4v) is 3.96. The molecule has 0 saturated carbocycles. The van der Waals surface area contributed by atoms with Crippen molar-refractivity contribution < 1.29 is 0 Å². The first-order chi connectivity index (χ1) is 10.9. The molecule has 0 aliphatic rings. The zero-order valence-corrected chi connectivity index (χ0v) is 16.2. The predicted octanol–water partition coefficient (Wildman–Crippen LogP) is 5.89. The van der Waals surface area contributed by atoms with E-state index in [1.54, 1.807) is 17.7 Å². The number of hydrogen-bond acceptors (Lipinski definition) is 4. The van der Waals surface area contributed by atoms with Gasteiger partial charge in [-0.1, -0.05) is 35.0 Å². The van der Waals surface area contributed by atoms with E-state index in [4.69, 9.17) is 0 Å². The van der Waals surface area contributed by atoms with E-state index in [9.17, 15) is 0 Å². The minimum absolute atomic E-state index is 0.0490. The van der Waals surface area contributed by atoms with E-state index in [2.05, 4.69) is 83.2 Å². The molecule has 0 bridgehead atoms. The quantitative estimate of drug-likeness (QED) is 0.606. The van der Waals surface area contributed by atoms with Crippen LogP contribution < -0.4 is 5.32 Å². The molecule has 23 heavy (non-hydrogen) atoms. The molecule has 5 heteroatoms. The van der Waals surface area contributed by atoms with Gasteiger partial charge in [0, 0.05) is 20.5 Å². The Labute approximate surface area is 149 Å². The molecule has 0 radical (unpaired) electrons. The lowest BCUT2D eigenvalue weighted by Crippen LogP contribution is -2.26. The maximum Gasteiger partial charge on any atom is 0.139 e. The third-order valence-electron chi connectivity index (χ3n) is 3.51. The summed E-state index contributed by atoms with van der Waals surface area (Å²) in [4.78, 5) is 11.4. The van der Waals surface area contributed by atoms with Gasteiger partial charge in [0.25, 0.3) is 0 Å². The first kappa shape index (κ1) is 16.4. The lowest BCUT2D eigenvalue weighted by Gasteiger charge is -2.22. The third kappa shape index (κ3) is 3.40. The van der Waals surface area contributed by atoms with Crippen LogP contribution in [0.5, 0.6) is 0 Å². The van der Waals surface area contributed by atoms with Crippen LogP contribution in [0.4, 0.5) is 5.82 Å². The number of aromatic nitrogens is 2. The summed E-state index contributed by atoms with van der Waals surface area (Å²) in [5, 5.41) is 4.66. The first-order valence-electron chi connectivity index (χ1n) is 7.69. The maximum atomic E-state index is 4.52. The van der Waals surface area contributed by atoms with Gasteiger partial charge >= 0.3 is 0 Å². The maximum absolute atomic E-state index is 4.52. The number of benzene rings is 1. The highest BCUT2D eigenvalue weighted by Crippen LogP contribution is 2.41. The Hall–Kier alpha value is -1.46. The van der Waals surface area contributed by atoms with Crippen LogP contribution in [0.25, 0.3) is 21.3 Å². The zero-order valence-electron chi connectivity index (χ0n) is 13.8. The van der Waals surface area contributed by atoms with E-state index in [1.165, 1.54) is 16.0 Å². The van der Waals surface area contributed by atoms with Crippen LogP contribution in [0.3, 0.4) is 0 Å². The Morgan fingerprint density at radius 3 is 2.43 bits per heavy atom. The van der Waals surface area contributed by atoms with E-state index < -0.39 is 0 Å². The largest absolute Gasteiger partial charge is 0.365 e. The molecule has 2 aromatic heterocycles. The highest BCUT2D eigenvalue weighted by Gasteiger charge is 2.20. The van der Waals surface area contributed by atoms with Crippen molar-refractivity contribution in [1.29, 1.82) is 0 Å². The van der Waals surface area contributed by atoms with E-state index in [1.807, 2.05) is 0 Å². The van der Waals surface area contributed by atoms with Crippen molar-refractivity contribution in [2.75, 3.05) is 5.32 Å². The van der Waals surface area contributed by atoms with Crippen molar-refractivity contribution in [3.63, 3.8) is 0 Å². The summed E-state index contributed by atoms with van der Waals surface area (Å²) >= 11 is 5.27. The van der Waals surface area contributed by atoms with Gasteiger partial charge in [-0.3, -0.25) is 0 Å². The molecule has 1 aromatic carbocycles. The Balaban J connectivity index is 2.28. The number of rotatable bonds is 3. The molecule has 0 aliphatic heterocycles. The fourth-order valence-electron chi connectivity index (χ4n) is 2.60. The van der Waals surface area contributed by atoms with E-state index >= 15 is 0 Å². The Morgan fingerprint density at radius 1 is 1.13 bits per heavy atom. The van der Waals surface area contributed by atoms with Crippen LogP contribution in [-0.4, -0.2) is 15.5 Å². The molecule has 3 aromatic rings. The number of fused-ring (bicyclic) bond motifs is 1. The molecular weight excluding hydrogens is 370 g/mol. The highest BCUT2D eigenvalue weighted by atomic mass is 79.9. The average Bonchev–Trinajstić information content (AvgIpc) is 2.86. The number of nitrogens with one attached hydrogen (secondary N) is 1. The molecule has 0 spiro atoms. The van der Waals surface area contributed by atoms with Crippen LogP contribution in [0.2, 0.25) is 0 Å². The Morgan fingerprint density at radius 2 is 1.83 bits per heavy atom. The Bertz CT molecular complexity index is 832. The smallest absolute Gasteiger partial charge is 0.139 e. The molecule has 0 aliphatic carbocycles. The van der Waals surface area contributed by atoms with Gasteiger partial charge < -0.3 is 5.32 Å². The lowest BCUT2D eigenvalue weighted by atomic mass is 10.0. The van der Waals surface area contributed by atoms with Gasteiger partial charge in [-0.05, 0) is 44.9 Å². The van der Waals surface area contributed by atoms with Crippen LogP contribution in [0.15, 0.2) is 35.1 Å². The molecule has 0 amide bonds. The molecule has 120 valence electrons. The minimum atomic E-state index is -0.0490. The van der Waals surface area contributed by atoms with Crippen molar-refractivity contribution in [1.82, 2.24) is 9.97 Å². The average molecular weight is 390 g/mol. The second-order valence-corrected chi connectivity index (χ2v) is 8.54. The van der Waals surface area contributed by atoms with E-state index in [0.29, 0.717) is 0 Å². The second kappa shape index (κ2) is 6.21. The SMILES string of the molecule is CCc1sc2ncnc(NC(C)(C)C)c2c1-c1ccc(Br)cc1. The summed E-state index contributed by atoms with van der Waals surface area (Å²) in [5.74, 6) is 0.913. The number of halogens is 1. The van der Waals surface area contributed by atoms with Crippen molar-refractivity contribution in [2.24, 2.45) is 0 Å². The van der Waals surface area contributed by atoms with Crippen molar-refractivity contribution in [3.8, 4) is 11.1 Å². The fraction of sp³-hybridized carbons (Fsp3) is 0.333. The number of anilines is 1. The molecule has 3 nitrogen and oxygen atoms in total. The van der Waals surface area contributed by atoms with Crippen molar-refractivity contribution in [3.05, 3.63) is 39.9 Å². The van der Waals surface area contributed by atoms with Gasteiger partial charge in [-0.25, -0.2) is 9.97 Å². The van der Waals surface area contributed by atoms with Crippen LogP contribution in [0, 0.1) is 0 Å². The second-order valence-electron chi connectivity index (χ2n) is 6.54. The molecule has 0 fully saturated rings. The molecular formula is C18H20BrN3S. The standard InChI is InChI=1S/C18H20BrN3S/c1-5-13-14(11-6-8-12(19)9-7-11)15-16(22-18(2,3)4)20-10-21-17(15)23-13/h6-10H,5H2,1-4H3,(H,20,21,22). The normalized spacial score (nSPS) is 11.9. The number of hydrogen-bond donors (Lipinski definition) is 1. The molecule has 0 saturated heterocycles. The van der Waals surface area contributed by atoms with Gasteiger partial charge in [-0.15, -0.1) is 11.3 Å². The third-order valence-corrected chi connectivity index (χ3v) is 5.28. The molecule has 1 N–H and O–H groups in total. The topological polar surface area (TPSA) is 37.8 Å². The summed E-state index contributed by atoms with van der Waals surface area (Å²) in [6, 6.07) is 8.47. The van der Waals surface area contributed by atoms with Gasteiger partial charge in [0.2, 0.25) is 0 Å². The summed E-state index contributed by atoms with van der Waals surface area (Å²) in [6.07, 6.45) is 2.64. The van der Waals surface area contributed by atoms with Gasteiger partial charge in [0.05, 0.1) is 5.39 Å².